The van der Waals surface area contributed by atoms with Crippen LogP contribution in [0.4, 0.5) is 0 Å². The maximum absolute atomic E-state index is 13.1. The van der Waals surface area contributed by atoms with E-state index < -0.39 is 97.5 Å². The van der Waals surface area contributed by atoms with Gasteiger partial charge in [0.1, 0.15) is 19.3 Å². The van der Waals surface area contributed by atoms with Crippen LogP contribution in [0.25, 0.3) is 0 Å². The number of phosphoric acid groups is 2. The van der Waals surface area contributed by atoms with Crippen LogP contribution in [-0.2, 0) is 65.4 Å². The first-order valence-electron chi connectivity index (χ1n) is 36.8. The third-order valence-corrected chi connectivity index (χ3v) is 16.8. The first kappa shape index (κ1) is 91.5. The molecule has 0 spiro atoms. The Hall–Kier alpha value is -4.54. The molecule has 19 heteroatoms. The Kier molecular flexibility index (Phi) is 65.7. The van der Waals surface area contributed by atoms with E-state index in [0.29, 0.717) is 25.7 Å². The fourth-order valence-electron chi connectivity index (χ4n) is 9.27. The number of carbonyl (C=O) groups is 4. The fraction of sp³-hybridized carbons (Fsp3) is 0.688. The maximum atomic E-state index is 13.1. The maximum Gasteiger partial charge on any atom is 0.472 e. The van der Waals surface area contributed by atoms with Crippen molar-refractivity contribution >= 4 is 39.5 Å². The second kappa shape index (κ2) is 69.0. The van der Waals surface area contributed by atoms with Crippen molar-refractivity contribution in [1.29, 1.82) is 0 Å². The molecule has 0 aliphatic rings. The Labute approximate surface area is 581 Å². The predicted molar refractivity (Wildman–Crippen MR) is 390 cm³/mol. The average Bonchev–Trinajstić information content (AvgIpc) is 1.11. The lowest BCUT2D eigenvalue weighted by atomic mass is 10.1. The molecule has 0 aromatic carbocycles. The molecule has 0 aromatic rings. The zero-order valence-corrected chi connectivity index (χ0v) is 61.5. The molecule has 17 nitrogen and oxygen atoms in total. The minimum absolute atomic E-state index is 0.0623. The van der Waals surface area contributed by atoms with Gasteiger partial charge >= 0.3 is 39.5 Å². The first-order chi connectivity index (χ1) is 46.7. The molecule has 0 aliphatic heterocycles. The van der Waals surface area contributed by atoms with Gasteiger partial charge in [-0.3, -0.25) is 37.3 Å². The Bertz CT molecular complexity index is 2300. The SMILES string of the molecule is CC/C=C\C/C=C\C/C=C\C/C=C\C/C=C\CC(=O)OCC(COP(=O)(O)OCC(O)COP(=O)(O)OCC(COC(=O)CCCCCCC/C=C\C/C=C\CCCCC)OC(=O)CCCCCCC/C=C\C/C=C\CCCCC)OC(=O)CCCCCCC/C=C\CCCC. The summed E-state index contributed by atoms with van der Waals surface area (Å²) in [6.07, 6.45) is 73.7. The largest absolute Gasteiger partial charge is 0.472 e. The van der Waals surface area contributed by atoms with Crippen molar-refractivity contribution in [2.45, 2.75) is 303 Å². The number of esters is 4. The number of allylic oxidation sites excluding steroid dienone is 19. The number of ether oxygens (including phenoxy) is 4. The van der Waals surface area contributed by atoms with Crippen LogP contribution < -0.4 is 0 Å². The summed E-state index contributed by atoms with van der Waals surface area (Å²) in [5.74, 6) is -2.37. The third-order valence-electron chi connectivity index (χ3n) is 14.9. The molecule has 0 radical (unpaired) electrons. The first-order valence-corrected chi connectivity index (χ1v) is 39.8. The number of aliphatic hydroxyl groups excluding tert-OH is 1. The number of unbranched alkanes of at least 4 members (excludes halogenated alkanes) is 23. The highest BCUT2D eigenvalue weighted by atomic mass is 31.2. The minimum Gasteiger partial charge on any atom is -0.462 e. The molecule has 0 saturated heterocycles. The summed E-state index contributed by atoms with van der Waals surface area (Å²) < 4.78 is 68.2. The molecule has 5 unspecified atom stereocenters. The lowest BCUT2D eigenvalue weighted by Crippen LogP contribution is -2.30. The van der Waals surface area contributed by atoms with E-state index in [1.54, 1.807) is 6.08 Å². The van der Waals surface area contributed by atoms with Crippen molar-refractivity contribution < 1.29 is 80.2 Å². The Morgan fingerprint density at radius 3 is 0.969 bits per heavy atom. The second-order valence-corrected chi connectivity index (χ2v) is 27.1. The molecular weight excluding hydrogens is 1260 g/mol. The van der Waals surface area contributed by atoms with Crippen molar-refractivity contribution in [3.8, 4) is 0 Å². The number of hydrogen-bond acceptors (Lipinski definition) is 15. The zero-order valence-electron chi connectivity index (χ0n) is 59.8. The van der Waals surface area contributed by atoms with E-state index in [0.717, 1.165) is 154 Å². The van der Waals surface area contributed by atoms with Crippen molar-refractivity contribution in [2.75, 3.05) is 39.6 Å². The second-order valence-electron chi connectivity index (χ2n) is 24.2. The highest BCUT2D eigenvalue weighted by Gasteiger charge is 2.30. The van der Waals surface area contributed by atoms with Crippen LogP contribution in [0, 0.1) is 0 Å². The van der Waals surface area contributed by atoms with Crippen LogP contribution in [-0.4, -0.2) is 96.7 Å². The van der Waals surface area contributed by atoms with Crippen LogP contribution in [0.15, 0.2) is 122 Å². The Morgan fingerprint density at radius 2 is 0.594 bits per heavy atom. The summed E-state index contributed by atoms with van der Waals surface area (Å²) in [6.45, 7) is 4.49. The van der Waals surface area contributed by atoms with E-state index in [4.69, 9.17) is 37.0 Å². The molecule has 0 rings (SSSR count). The average molecular weight is 1390 g/mol. The van der Waals surface area contributed by atoms with Crippen LogP contribution >= 0.6 is 15.6 Å². The van der Waals surface area contributed by atoms with E-state index in [2.05, 4.69) is 125 Å². The monoisotopic (exact) mass is 1390 g/mol. The highest BCUT2D eigenvalue weighted by Crippen LogP contribution is 2.45. The van der Waals surface area contributed by atoms with Gasteiger partial charge in [-0.1, -0.05) is 246 Å². The number of rotatable bonds is 68. The van der Waals surface area contributed by atoms with Crippen LogP contribution in [0.2, 0.25) is 0 Å². The molecule has 96 heavy (non-hydrogen) atoms. The van der Waals surface area contributed by atoms with Gasteiger partial charge in [0, 0.05) is 19.3 Å². The van der Waals surface area contributed by atoms with Crippen LogP contribution in [0.5, 0.6) is 0 Å². The van der Waals surface area contributed by atoms with Gasteiger partial charge in [-0.2, -0.15) is 0 Å². The van der Waals surface area contributed by atoms with E-state index in [-0.39, 0.29) is 25.7 Å². The van der Waals surface area contributed by atoms with E-state index >= 15 is 0 Å². The van der Waals surface area contributed by atoms with Gasteiger partial charge in [-0.15, -0.1) is 0 Å². The topological polar surface area (TPSA) is 237 Å². The molecule has 0 aromatic heterocycles. The predicted octanol–water partition coefficient (Wildman–Crippen LogP) is 20.8. The number of aliphatic hydroxyl groups is 1. The minimum atomic E-state index is -4.99. The Balaban J connectivity index is 5.42. The highest BCUT2D eigenvalue weighted by molar-refractivity contribution is 7.47. The molecular formula is C77H130O17P2. The van der Waals surface area contributed by atoms with Gasteiger partial charge < -0.3 is 33.8 Å². The van der Waals surface area contributed by atoms with Crippen LogP contribution in [0.3, 0.4) is 0 Å². The van der Waals surface area contributed by atoms with Gasteiger partial charge in [0.05, 0.1) is 32.8 Å². The van der Waals surface area contributed by atoms with Gasteiger partial charge in [0.15, 0.2) is 12.2 Å². The summed E-state index contributed by atoms with van der Waals surface area (Å²) >= 11 is 0. The summed E-state index contributed by atoms with van der Waals surface area (Å²) in [7, 11) is -9.98. The zero-order chi connectivity index (χ0) is 70.4. The van der Waals surface area contributed by atoms with Gasteiger partial charge in [0.2, 0.25) is 0 Å². The summed E-state index contributed by atoms with van der Waals surface area (Å²) in [4.78, 5) is 72.6. The van der Waals surface area contributed by atoms with E-state index in [1.807, 2.05) is 18.2 Å². The van der Waals surface area contributed by atoms with Crippen molar-refractivity contribution in [3.05, 3.63) is 122 Å². The van der Waals surface area contributed by atoms with Gasteiger partial charge in [0.25, 0.3) is 0 Å². The van der Waals surface area contributed by atoms with E-state index in [1.165, 1.54) is 51.4 Å². The standard InChI is InChI=1S/C77H130O17P2/c1-5-9-13-17-21-25-29-32-35-38-42-45-49-53-57-61-74(79)87-67-72(93-76(81)63-59-55-51-47-41-28-24-20-16-12-8-4)69-91-95(83,84)89-65-71(78)66-90-96(85,86)92-70-73(94-77(82)64-60-56-52-48-44-40-37-34-31-27-23-19-15-11-7-3)68-88-75(80)62-58-54-50-46-43-39-36-33-30-26-22-18-14-10-6-2/h9,13,20-27,32-37,42,45,53,57,71-73,78H,5-8,10-12,14-19,28-31,38-41,43-44,46-52,54-56,58-70H2,1-4H3,(H,83,84)(H,85,86)/b13-9-,24-20-,25-21-,26-22-,27-23-,35-32-,36-33-,37-34-,45-42-,57-53-. The number of carbonyl (C=O) groups excluding carboxylic acids is 4. The normalized spacial score (nSPS) is 14.7. The van der Waals surface area contributed by atoms with Gasteiger partial charge in [-0.25, -0.2) is 9.13 Å². The van der Waals surface area contributed by atoms with Crippen LogP contribution in [0.1, 0.15) is 285 Å². The van der Waals surface area contributed by atoms with Crippen molar-refractivity contribution in [2.24, 2.45) is 0 Å². The smallest absolute Gasteiger partial charge is 0.462 e. The Morgan fingerprint density at radius 1 is 0.312 bits per heavy atom. The lowest BCUT2D eigenvalue weighted by molar-refractivity contribution is -0.161. The summed E-state index contributed by atoms with van der Waals surface area (Å²) in [5, 5.41) is 10.6. The molecule has 0 amide bonds. The summed E-state index contributed by atoms with van der Waals surface area (Å²) in [6, 6.07) is 0. The quantitative estimate of drug-likeness (QED) is 0.0169. The van der Waals surface area contributed by atoms with E-state index in [9.17, 15) is 43.2 Å². The molecule has 0 aliphatic carbocycles. The number of phosphoric ester groups is 2. The lowest BCUT2D eigenvalue weighted by Gasteiger charge is -2.21. The molecule has 5 atom stereocenters. The van der Waals surface area contributed by atoms with Crippen molar-refractivity contribution in [3.63, 3.8) is 0 Å². The molecule has 550 valence electrons. The fourth-order valence-corrected chi connectivity index (χ4v) is 10.9. The molecule has 0 heterocycles. The third kappa shape index (κ3) is 68.0. The van der Waals surface area contributed by atoms with Gasteiger partial charge in [-0.05, 0) is 135 Å². The van der Waals surface area contributed by atoms with Crippen molar-refractivity contribution in [1.82, 2.24) is 0 Å². The summed E-state index contributed by atoms with van der Waals surface area (Å²) in [5.41, 5.74) is 0. The molecule has 0 bridgehead atoms. The molecule has 0 saturated carbocycles. The molecule has 0 fully saturated rings. The molecule has 3 N–H and O–H groups in total. The number of hydrogen-bond donors (Lipinski definition) is 3.